The molecular weight excluding hydrogens is 256 g/mol. The van der Waals surface area contributed by atoms with E-state index in [0.29, 0.717) is 12.5 Å². The second-order valence-electron chi connectivity index (χ2n) is 7.02. The Labute approximate surface area is 113 Å². The molecule has 0 aromatic carbocycles. The summed E-state index contributed by atoms with van der Waals surface area (Å²) in [6.07, 6.45) is 5.92. The monoisotopic (exact) mass is 276 g/mol. The van der Waals surface area contributed by atoms with E-state index >= 15 is 0 Å². The minimum Gasteiger partial charge on any atom is -0.330 e. The lowest BCUT2D eigenvalue weighted by Gasteiger charge is -2.64. The van der Waals surface area contributed by atoms with Gasteiger partial charge in [-0.15, -0.1) is 22.5 Å². The lowest BCUT2D eigenvalue weighted by molar-refractivity contribution is -0.786. The molecule has 4 bridgehead atoms. The summed E-state index contributed by atoms with van der Waals surface area (Å²) in [6, 6.07) is 0. The van der Waals surface area contributed by atoms with Crippen molar-refractivity contribution in [2.75, 3.05) is 6.54 Å². The zero-order valence-corrected chi connectivity index (χ0v) is 11.5. The van der Waals surface area contributed by atoms with Crippen LogP contribution in [0, 0.1) is 26.9 Å². The molecule has 2 N–H and O–H groups in total. The van der Waals surface area contributed by atoms with Gasteiger partial charge in [-0.3, -0.25) is 0 Å². The quantitative estimate of drug-likeness (QED) is 0.634. The van der Waals surface area contributed by atoms with E-state index in [9.17, 15) is 10.1 Å². The van der Waals surface area contributed by atoms with Crippen LogP contribution >= 0.6 is 12.4 Å². The smallest absolute Gasteiger partial charge is 0.295 e. The summed E-state index contributed by atoms with van der Waals surface area (Å²) in [5.74, 6) is 0.569. The Balaban J connectivity index is 0.00000120. The van der Waals surface area contributed by atoms with Crippen LogP contribution in [0.1, 0.15) is 45.4 Å². The second kappa shape index (κ2) is 3.97. The molecule has 4 saturated carbocycles. The summed E-state index contributed by atoms with van der Waals surface area (Å²) in [6.45, 7) is 2.89. The van der Waals surface area contributed by atoms with Crippen molar-refractivity contribution in [3.63, 3.8) is 0 Å². The Morgan fingerprint density at radius 2 is 2.06 bits per heavy atom. The van der Waals surface area contributed by atoms with Crippen molar-refractivity contribution in [3.8, 4) is 0 Å². The molecule has 0 radical (unpaired) electrons. The van der Waals surface area contributed by atoms with Gasteiger partial charge >= 0.3 is 0 Å². The zero-order chi connectivity index (χ0) is 12.3. The fourth-order valence-corrected chi connectivity index (χ4v) is 5.53. The van der Waals surface area contributed by atoms with E-state index in [1.807, 2.05) is 0 Å². The highest BCUT2D eigenvalue weighted by Crippen LogP contribution is 2.67. The summed E-state index contributed by atoms with van der Waals surface area (Å²) in [5, 5.41) is 10.1. The molecule has 104 valence electrons. The molecule has 0 amide bonds. The summed E-state index contributed by atoms with van der Waals surface area (Å²) in [5.41, 5.74) is 5.72. The second-order valence-corrected chi connectivity index (χ2v) is 7.02. The molecule has 4 aliphatic carbocycles. The van der Waals surface area contributed by atoms with Gasteiger partial charge in [-0.05, 0) is 61.8 Å². The Hall–Kier alpha value is -0.550. The SMILES string of the molecule is CC12CC3CC(CN)(C1)CC(O[N+](=O)[O-])(C3)C2.Cl. The van der Waals surface area contributed by atoms with Gasteiger partial charge in [0.05, 0.1) is 0 Å². The van der Waals surface area contributed by atoms with Crippen molar-refractivity contribution in [2.24, 2.45) is 22.5 Å². The standard InChI is InChI=1S/C12H20N2O3.ClH/c1-10-2-9-3-11(5-10,8-13)7-12(4-9,6-10)17-14(15)16;/h9H,2-8,13H2,1H3;1H. The van der Waals surface area contributed by atoms with Crippen LogP contribution in [0.3, 0.4) is 0 Å². The molecule has 0 heterocycles. The number of hydrogen-bond donors (Lipinski definition) is 1. The molecule has 4 rings (SSSR count). The third kappa shape index (κ3) is 1.97. The van der Waals surface area contributed by atoms with Crippen LogP contribution in [0.4, 0.5) is 0 Å². The molecule has 4 atom stereocenters. The maximum Gasteiger partial charge on any atom is 0.295 e. The van der Waals surface area contributed by atoms with E-state index in [-0.39, 0.29) is 23.2 Å². The summed E-state index contributed by atoms with van der Waals surface area (Å²) >= 11 is 0. The highest BCUT2D eigenvalue weighted by molar-refractivity contribution is 5.85. The van der Waals surface area contributed by atoms with Crippen molar-refractivity contribution >= 4 is 12.4 Å². The number of rotatable bonds is 3. The normalized spacial score (nSPS) is 48.7. The maximum atomic E-state index is 10.7. The van der Waals surface area contributed by atoms with E-state index in [4.69, 9.17) is 10.6 Å². The fraction of sp³-hybridized carbons (Fsp3) is 1.00. The Morgan fingerprint density at radius 3 is 2.61 bits per heavy atom. The van der Waals surface area contributed by atoms with Crippen LogP contribution in [-0.2, 0) is 4.84 Å². The molecular formula is C12H21ClN2O3. The molecule has 0 aliphatic heterocycles. The van der Waals surface area contributed by atoms with Crippen molar-refractivity contribution in [2.45, 2.75) is 51.0 Å². The third-order valence-corrected chi connectivity index (χ3v) is 5.11. The van der Waals surface area contributed by atoms with E-state index in [2.05, 4.69) is 6.92 Å². The number of halogens is 1. The topological polar surface area (TPSA) is 78.4 Å². The van der Waals surface area contributed by atoms with Gasteiger partial charge in [0.15, 0.2) is 0 Å². The number of nitrogens with zero attached hydrogens (tertiary/aromatic N) is 1. The van der Waals surface area contributed by atoms with Gasteiger partial charge in [0.1, 0.15) is 5.60 Å². The third-order valence-electron chi connectivity index (χ3n) is 5.11. The van der Waals surface area contributed by atoms with Crippen LogP contribution in [0.15, 0.2) is 0 Å². The lowest BCUT2D eigenvalue weighted by atomic mass is 9.43. The molecule has 0 aromatic rings. The molecule has 0 saturated heterocycles. The van der Waals surface area contributed by atoms with Crippen LogP contribution < -0.4 is 5.73 Å². The van der Waals surface area contributed by atoms with Gasteiger partial charge in [-0.1, -0.05) is 6.92 Å². The van der Waals surface area contributed by atoms with Gasteiger partial charge in [-0.2, -0.15) is 0 Å². The molecule has 6 heteroatoms. The molecule has 18 heavy (non-hydrogen) atoms. The number of hydrogen-bond acceptors (Lipinski definition) is 4. The van der Waals surface area contributed by atoms with Gasteiger partial charge in [0.25, 0.3) is 5.09 Å². The van der Waals surface area contributed by atoms with E-state index in [0.717, 1.165) is 32.1 Å². The van der Waals surface area contributed by atoms with Crippen molar-refractivity contribution in [1.29, 1.82) is 0 Å². The molecule has 0 aromatic heterocycles. The molecule has 4 aliphatic rings. The first-order valence-corrected chi connectivity index (χ1v) is 6.42. The number of nitrogens with two attached hydrogens (primary N) is 1. The largest absolute Gasteiger partial charge is 0.330 e. The first kappa shape index (κ1) is 13.9. The van der Waals surface area contributed by atoms with Crippen molar-refractivity contribution in [1.82, 2.24) is 0 Å². The molecule has 4 unspecified atom stereocenters. The first-order valence-electron chi connectivity index (χ1n) is 6.42. The first-order chi connectivity index (χ1) is 7.88. The molecule has 4 fully saturated rings. The predicted molar refractivity (Wildman–Crippen MR) is 68.8 cm³/mol. The highest BCUT2D eigenvalue weighted by atomic mass is 35.5. The van der Waals surface area contributed by atoms with Gasteiger partial charge in [0, 0.05) is 0 Å². The van der Waals surface area contributed by atoms with Crippen LogP contribution in [0.5, 0.6) is 0 Å². The zero-order valence-electron chi connectivity index (χ0n) is 10.7. The molecule has 5 nitrogen and oxygen atoms in total. The average molecular weight is 277 g/mol. The minimum absolute atomic E-state index is 0. The Bertz CT molecular complexity index is 380. The van der Waals surface area contributed by atoms with Crippen LogP contribution in [0.25, 0.3) is 0 Å². The fourth-order valence-electron chi connectivity index (χ4n) is 5.53. The lowest BCUT2D eigenvalue weighted by Crippen LogP contribution is -2.62. The minimum atomic E-state index is -0.597. The van der Waals surface area contributed by atoms with E-state index in [1.165, 1.54) is 6.42 Å². The van der Waals surface area contributed by atoms with Gasteiger partial charge < -0.3 is 10.6 Å². The summed E-state index contributed by atoms with van der Waals surface area (Å²) < 4.78 is 0. The maximum absolute atomic E-state index is 10.7. The van der Waals surface area contributed by atoms with Crippen LogP contribution in [-0.4, -0.2) is 17.2 Å². The van der Waals surface area contributed by atoms with Crippen LogP contribution in [0.2, 0.25) is 0 Å². The van der Waals surface area contributed by atoms with Gasteiger partial charge in [0.2, 0.25) is 0 Å². The Morgan fingerprint density at radius 1 is 1.33 bits per heavy atom. The summed E-state index contributed by atoms with van der Waals surface area (Å²) in [4.78, 5) is 15.8. The van der Waals surface area contributed by atoms with Crippen molar-refractivity contribution < 1.29 is 9.92 Å². The van der Waals surface area contributed by atoms with Gasteiger partial charge in [-0.25, -0.2) is 0 Å². The average Bonchev–Trinajstić information content (AvgIpc) is 2.11. The van der Waals surface area contributed by atoms with E-state index < -0.39 is 10.7 Å². The molecule has 0 spiro atoms. The predicted octanol–water partition coefficient (Wildman–Crippen LogP) is 2.30. The van der Waals surface area contributed by atoms with E-state index in [1.54, 1.807) is 0 Å². The van der Waals surface area contributed by atoms with Crippen molar-refractivity contribution in [3.05, 3.63) is 10.1 Å². The summed E-state index contributed by atoms with van der Waals surface area (Å²) in [7, 11) is 0. The highest BCUT2D eigenvalue weighted by Gasteiger charge is 2.63. The Kier molecular flexibility index (Phi) is 3.06.